The van der Waals surface area contributed by atoms with Gasteiger partial charge in [0.05, 0.1) is 11.0 Å². The Bertz CT molecular complexity index is 2610. The van der Waals surface area contributed by atoms with Gasteiger partial charge < -0.3 is 9.47 Å². The summed E-state index contributed by atoms with van der Waals surface area (Å²) < 4.78 is 2.37. The van der Waals surface area contributed by atoms with Crippen molar-refractivity contribution < 1.29 is 0 Å². The number of rotatable bonds is 7. The van der Waals surface area contributed by atoms with Gasteiger partial charge in [0.1, 0.15) is 0 Å². The van der Waals surface area contributed by atoms with Crippen molar-refractivity contribution in [2.24, 2.45) is 0 Å². The number of fused-ring (bicyclic) bond motifs is 3. The molecule has 0 unspecified atom stereocenters. The van der Waals surface area contributed by atoms with Crippen LogP contribution in [0.2, 0.25) is 0 Å². The lowest BCUT2D eigenvalue weighted by molar-refractivity contribution is 1.18. The second-order valence-corrected chi connectivity index (χ2v) is 13.5. The fourth-order valence-electron chi connectivity index (χ4n) is 7.65. The molecule has 0 bridgehead atoms. The Labute approximate surface area is 305 Å². The Kier molecular flexibility index (Phi) is 7.98. The van der Waals surface area contributed by atoms with Gasteiger partial charge in [-0.05, 0) is 119 Å². The van der Waals surface area contributed by atoms with Gasteiger partial charge in [-0.25, -0.2) is 0 Å². The lowest BCUT2D eigenvalue weighted by atomic mass is 9.96. The van der Waals surface area contributed by atoms with E-state index in [9.17, 15) is 0 Å². The highest BCUT2D eigenvalue weighted by molar-refractivity contribution is 6.09. The number of para-hydroxylation sites is 2. The van der Waals surface area contributed by atoms with E-state index in [0.717, 1.165) is 22.7 Å². The van der Waals surface area contributed by atoms with Crippen molar-refractivity contribution in [2.75, 3.05) is 4.90 Å². The van der Waals surface area contributed by atoms with E-state index < -0.39 is 0 Å². The smallest absolute Gasteiger partial charge is 0.0541 e. The molecule has 0 radical (unpaired) electrons. The summed E-state index contributed by atoms with van der Waals surface area (Å²) in [7, 11) is 0. The summed E-state index contributed by atoms with van der Waals surface area (Å²) in [6.07, 6.45) is 0. The first-order valence-corrected chi connectivity index (χ1v) is 17.9. The fraction of sp³-hybridized carbons (Fsp3) is 0.0400. The molecule has 248 valence electrons. The van der Waals surface area contributed by atoms with Gasteiger partial charge in [-0.15, -0.1) is 0 Å². The van der Waals surface area contributed by atoms with Gasteiger partial charge in [0.2, 0.25) is 0 Å². The monoisotopic (exact) mass is 666 g/mol. The van der Waals surface area contributed by atoms with Gasteiger partial charge in [0, 0.05) is 33.5 Å². The second-order valence-electron chi connectivity index (χ2n) is 13.5. The molecule has 52 heavy (non-hydrogen) atoms. The molecule has 1 aromatic heterocycles. The molecule has 0 amide bonds. The third-order valence-electron chi connectivity index (χ3n) is 10.3. The van der Waals surface area contributed by atoms with Gasteiger partial charge in [0.25, 0.3) is 0 Å². The summed E-state index contributed by atoms with van der Waals surface area (Å²) in [5, 5.41) is 2.55. The molecule has 9 rings (SSSR count). The lowest BCUT2D eigenvalue weighted by Gasteiger charge is -2.27. The van der Waals surface area contributed by atoms with Gasteiger partial charge in [0.15, 0.2) is 0 Å². The number of anilines is 3. The molecule has 0 fully saturated rings. The molecule has 9 aromatic rings. The van der Waals surface area contributed by atoms with Gasteiger partial charge >= 0.3 is 0 Å². The average Bonchev–Trinajstić information content (AvgIpc) is 3.54. The summed E-state index contributed by atoms with van der Waals surface area (Å²) in [5.74, 6) is 0. The average molecular weight is 667 g/mol. The summed E-state index contributed by atoms with van der Waals surface area (Å²) in [6, 6.07) is 70.2. The molecule has 0 atom stereocenters. The topological polar surface area (TPSA) is 8.17 Å². The van der Waals surface area contributed by atoms with Crippen LogP contribution in [0.25, 0.3) is 60.9 Å². The number of benzene rings is 8. The molecular weight excluding hydrogens is 629 g/mol. The number of hydrogen-bond donors (Lipinski definition) is 0. The molecule has 0 aliphatic heterocycles. The molecule has 2 heteroatoms. The second kappa shape index (κ2) is 13.2. The predicted molar refractivity (Wildman–Crippen MR) is 221 cm³/mol. The summed E-state index contributed by atoms with van der Waals surface area (Å²) in [5.41, 5.74) is 16.8. The molecule has 1 heterocycles. The minimum atomic E-state index is 1.11. The van der Waals surface area contributed by atoms with Crippen molar-refractivity contribution in [2.45, 2.75) is 13.8 Å². The Hall–Kier alpha value is -6.64. The van der Waals surface area contributed by atoms with Crippen LogP contribution >= 0.6 is 0 Å². The van der Waals surface area contributed by atoms with Gasteiger partial charge in [-0.1, -0.05) is 133 Å². The van der Waals surface area contributed by atoms with E-state index in [1.54, 1.807) is 0 Å². The van der Waals surface area contributed by atoms with Crippen molar-refractivity contribution in [3.63, 3.8) is 0 Å². The Balaban J connectivity index is 1.07. The standard InChI is InChI=1S/C50H38N2/c1-35-12-6-7-15-45(35)46-33-32-44(34-36(46)2)51(41-26-20-38(21-27-41)37-13-4-3-5-14-37)42-28-22-39(23-29-42)40-24-30-43(31-25-40)52-49-18-10-8-16-47(49)48-17-9-11-19-50(48)52/h3-34H,1-2H3. The molecule has 2 nitrogen and oxygen atoms in total. The SMILES string of the molecule is Cc1ccccc1-c1ccc(N(c2ccc(-c3ccccc3)cc2)c2ccc(-c3ccc(-n4c5ccccc5c5ccccc54)cc3)cc2)cc1C. The number of nitrogens with zero attached hydrogens (tertiary/aromatic N) is 2. The highest BCUT2D eigenvalue weighted by Crippen LogP contribution is 2.39. The summed E-state index contributed by atoms with van der Waals surface area (Å²) >= 11 is 0. The first kappa shape index (κ1) is 31.3. The largest absolute Gasteiger partial charge is 0.310 e. The van der Waals surface area contributed by atoms with Crippen molar-refractivity contribution in [3.8, 4) is 39.1 Å². The van der Waals surface area contributed by atoms with Crippen LogP contribution in [0, 0.1) is 13.8 Å². The number of aromatic nitrogens is 1. The zero-order valence-electron chi connectivity index (χ0n) is 29.4. The zero-order chi connectivity index (χ0) is 35.0. The lowest BCUT2D eigenvalue weighted by Crippen LogP contribution is -2.10. The fourth-order valence-corrected chi connectivity index (χ4v) is 7.65. The number of aryl methyl sites for hydroxylation is 2. The molecule has 0 saturated carbocycles. The van der Waals surface area contributed by atoms with E-state index in [2.05, 4.69) is 217 Å². The third-order valence-corrected chi connectivity index (χ3v) is 10.3. The van der Waals surface area contributed by atoms with Crippen LogP contribution in [0.15, 0.2) is 194 Å². The molecule has 0 spiro atoms. The van der Waals surface area contributed by atoms with E-state index >= 15 is 0 Å². The van der Waals surface area contributed by atoms with Crippen LogP contribution in [-0.2, 0) is 0 Å². The van der Waals surface area contributed by atoms with Crippen LogP contribution < -0.4 is 4.90 Å². The van der Waals surface area contributed by atoms with Crippen molar-refractivity contribution in [3.05, 3.63) is 205 Å². The van der Waals surface area contributed by atoms with E-state index in [4.69, 9.17) is 0 Å². The highest BCUT2D eigenvalue weighted by Gasteiger charge is 2.16. The predicted octanol–water partition coefficient (Wildman–Crippen LogP) is 13.9. The number of hydrogen-bond acceptors (Lipinski definition) is 1. The van der Waals surface area contributed by atoms with Crippen LogP contribution in [0.1, 0.15) is 11.1 Å². The molecule has 0 aliphatic carbocycles. The van der Waals surface area contributed by atoms with Crippen LogP contribution in [-0.4, -0.2) is 4.57 Å². The normalized spacial score (nSPS) is 11.3. The first-order chi connectivity index (χ1) is 25.6. The van der Waals surface area contributed by atoms with E-state index in [1.807, 2.05) is 0 Å². The Morgan fingerprint density at radius 2 is 0.788 bits per heavy atom. The van der Waals surface area contributed by atoms with Gasteiger partial charge in [-0.2, -0.15) is 0 Å². The molecule has 0 aliphatic rings. The molecule has 8 aromatic carbocycles. The minimum Gasteiger partial charge on any atom is -0.310 e. The maximum absolute atomic E-state index is 2.37. The maximum Gasteiger partial charge on any atom is 0.0541 e. The minimum absolute atomic E-state index is 1.11. The summed E-state index contributed by atoms with van der Waals surface area (Å²) in [4.78, 5) is 2.36. The summed E-state index contributed by atoms with van der Waals surface area (Å²) in [6.45, 7) is 4.40. The van der Waals surface area contributed by atoms with Crippen molar-refractivity contribution in [1.82, 2.24) is 4.57 Å². The first-order valence-electron chi connectivity index (χ1n) is 17.9. The van der Waals surface area contributed by atoms with Crippen LogP contribution in [0.3, 0.4) is 0 Å². The zero-order valence-corrected chi connectivity index (χ0v) is 29.4. The molecule has 0 saturated heterocycles. The Morgan fingerprint density at radius 1 is 0.346 bits per heavy atom. The maximum atomic E-state index is 2.37. The van der Waals surface area contributed by atoms with Crippen molar-refractivity contribution >= 4 is 38.9 Å². The quantitative estimate of drug-likeness (QED) is 0.164. The van der Waals surface area contributed by atoms with E-state index in [-0.39, 0.29) is 0 Å². The molecule has 0 N–H and O–H groups in total. The molecular formula is C50H38N2. The van der Waals surface area contributed by atoms with Crippen molar-refractivity contribution in [1.29, 1.82) is 0 Å². The third kappa shape index (κ3) is 5.65. The van der Waals surface area contributed by atoms with Crippen LogP contribution in [0.5, 0.6) is 0 Å². The van der Waals surface area contributed by atoms with E-state index in [1.165, 1.54) is 66.3 Å². The van der Waals surface area contributed by atoms with Gasteiger partial charge in [-0.3, -0.25) is 0 Å². The highest BCUT2D eigenvalue weighted by atomic mass is 15.1. The Morgan fingerprint density at radius 3 is 1.35 bits per heavy atom. The van der Waals surface area contributed by atoms with E-state index in [0.29, 0.717) is 0 Å². The van der Waals surface area contributed by atoms with Crippen LogP contribution in [0.4, 0.5) is 17.1 Å².